The predicted molar refractivity (Wildman–Crippen MR) is 123 cm³/mol. The first-order valence-corrected chi connectivity index (χ1v) is 11.0. The number of nitrogens with zero attached hydrogens (tertiary/aromatic N) is 2. The quantitative estimate of drug-likeness (QED) is 0.342. The second-order valence-corrected chi connectivity index (χ2v) is 8.02. The molecule has 35 heavy (non-hydrogen) atoms. The zero-order chi connectivity index (χ0) is 25.4. The number of amides is 2. The Morgan fingerprint density at radius 3 is 2.54 bits per heavy atom. The summed E-state index contributed by atoms with van der Waals surface area (Å²) in [6, 6.07) is 10.7. The molecule has 0 radical (unpaired) electrons. The summed E-state index contributed by atoms with van der Waals surface area (Å²) in [7, 11) is 0. The number of halogens is 3. The molecule has 2 heterocycles. The summed E-state index contributed by atoms with van der Waals surface area (Å²) >= 11 is 1.23. The summed E-state index contributed by atoms with van der Waals surface area (Å²) < 4.78 is 43.5. The molecule has 0 spiro atoms. The van der Waals surface area contributed by atoms with E-state index in [1.54, 1.807) is 18.2 Å². The largest absolute Gasteiger partial charge is 0.456 e. The lowest BCUT2D eigenvalue weighted by Gasteiger charge is -2.12. The summed E-state index contributed by atoms with van der Waals surface area (Å²) in [6.07, 6.45) is -1.55. The number of hydrogen-bond donors (Lipinski definition) is 2. The molecule has 8 nitrogen and oxygen atoms in total. The lowest BCUT2D eigenvalue weighted by atomic mass is 10.2. The summed E-state index contributed by atoms with van der Waals surface area (Å²) in [4.78, 5) is 43.6. The van der Waals surface area contributed by atoms with E-state index in [0.29, 0.717) is 10.8 Å². The maximum Gasteiger partial charge on any atom is 0.416 e. The van der Waals surface area contributed by atoms with Gasteiger partial charge in [0.15, 0.2) is 6.61 Å². The van der Waals surface area contributed by atoms with Gasteiger partial charge in [0, 0.05) is 30.8 Å². The number of aromatic nitrogens is 2. The van der Waals surface area contributed by atoms with Gasteiger partial charge < -0.3 is 15.4 Å². The third kappa shape index (κ3) is 7.81. The second kappa shape index (κ2) is 11.5. The Morgan fingerprint density at radius 2 is 1.80 bits per heavy atom. The number of carbonyl (C=O) groups excluding carboxylic acids is 3. The number of alkyl halides is 3. The van der Waals surface area contributed by atoms with E-state index in [9.17, 15) is 27.6 Å². The van der Waals surface area contributed by atoms with Crippen LogP contribution in [0.15, 0.2) is 66.0 Å². The minimum atomic E-state index is -4.53. The molecule has 0 aliphatic carbocycles. The number of nitrogens with one attached hydrogen (secondary N) is 2. The van der Waals surface area contributed by atoms with Gasteiger partial charge >= 0.3 is 12.1 Å². The molecule has 2 N–H and O–H groups in total. The van der Waals surface area contributed by atoms with Crippen LogP contribution in [0.25, 0.3) is 0 Å². The van der Waals surface area contributed by atoms with E-state index in [1.165, 1.54) is 49.3 Å². The summed E-state index contributed by atoms with van der Waals surface area (Å²) in [5.41, 5.74) is 0.0824. The Kier molecular flexibility index (Phi) is 8.42. The normalized spacial score (nSPS) is 11.0. The average molecular weight is 504 g/mol. The van der Waals surface area contributed by atoms with Crippen molar-refractivity contribution in [3.63, 3.8) is 0 Å². The van der Waals surface area contributed by atoms with Crippen LogP contribution in [-0.2, 0) is 26.3 Å². The van der Waals surface area contributed by atoms with Gasteiger partial charge in [-0.3, -0.25) is 14.4 Å². The molecule has 3 rings (SSSR count). The molecule has 0 bridgehead atoms. The van der Waals surface area contributed by atoms with E-state index >= 15 is 0 Å². The Balaban J connectivity index is 1.67. The molecule has 0 saturated heterocycles. The average Bonchev–Trinajstić information content (AvgIpc) is 2.81. The van der Waals surface area contributed by atoms with Crippen molar-refractivity contribution in [2.45, 2.75) is 23.9 Å². The highest BCUT2D eigenvalue weighted by molar-refractivity contribution is 7.98. The topological polar surface area (TPSA) is 110 Å². The molecular formula is C23H19F3N4O4S. The summed E-state index contributed by atoms with van der Waals surface area (Å²) in [5.74, 6) is -1.12. The number of rotatable bonds is 8. The molecule has 0 fully saturated rings. The van der Waals surface area contributed by atoms with E-state index < -0.39 is 36.1 Å². The van der Waals surface area contributed by atoms with Crippen LogP contribution in [0.1, 0.15) is 28.4 Å². The molecule has 182 valence electrons. The van der Waals surface area contributed by atoms with Gasteiger partial charge in [0.25, 0.3) is 11.8 Å². The predicted octanol–water partition coefficient (Wildman–Crippen LogP) is 4.54. The van der Waals surface area contributed by atoms with Crippen molar-refractivity contribution in [3.05, 3.63) is 77.6 Å². The number of hydrogen-bond acceptors (Lipinski definition) is 7. The number of benzene rings is 1. The Bertz CT molecular complexity index is 1240. The monoisotopic (exact) mass is 504 g/mol. The number of ether oxygens (including phenoxy) is 1. The van der Waals surface area contributed by atoms with Crippen LogP contribution >= 0.6 is 11.8 Å². The molecule has 2 amide bonds. The lowest BCUT2D eigenvalue weighted by Crippen LogP contribution is -2.20. The van der Waals surface area contributed by atoms with E-state index in [2.05, 4.69) is 25.3 Å². The fourth-order valence-electron chi connectivity index (χ4n) is 2.78. The Labute approximate surface area is 202 Å². The highest BCUT2D eigenvalue weighted by Gasteiger charge is 2.30. The molecule has 1 aromatic carbocycles. The van der Waals surface area contributed by atoms with Gasteiger partial charge in [-0.2, -0.15) is 13.2 Å². The van der Waals surface area contributed by atoms with E-state index in [0.717, 1.165) is 17.7 Å². The van der Waals surface area contributed by atoms with Gasteiger partial charge in [-0.1, -0.05) is 6.07 Å². The SMILES string of the molecule is CC(=O)OCC(=O)Nc1cc(CSc2ncccc2C(=O)Nc2cccc(C(F)(F)F)c2)ccn1. The van der Waals surface area contributed by atoms with Gasteiger partial charge in [-0.05, 0) is 48.0 Å². The molecule has 0 aliphatic heterocycles. The molecule has 3 aromatic rings. The fourth-order valence-corrected chi connectivity index (χ4v) is 3.72. The van der Waals surface area contributed by atoms with Crippen LogP contribution in [0.3, 0.4) is 0 Å². The lowest BCUT2D eigenvalue weighted by molar-refractivity contribution is -0.145. The zero-order valence-corrected chi connectivity index (χ0v) is 19.1. The van der Waals surface area contributed by atoms with E-state index in [-0.39, 0.29) is 17.1 Å². The smallest absolute Gasteiger partial charge is 0.416 e. The first-order chi connectivity index (χ1) is 16.6. The summed E-state index contributed by atoms with van der Waals surface area (Å²) in [6.45, 7) is 0.753. The maximum absolute atomic E-state index is 12.9. The van der Waals surface area contributed by atoms with Crippen LogP contribution in [0.4, 0.5) is 24.7 Å². The van der Waals surface area contributed by atoms with E-state index in [4.69, 9.17) is 0 Å². The first kappa shape index (κ1) is 25.7. The molecule has 0 atom stereocenters. The molecule has 0 saturated carbocycles. The molecule has 0 aliphatic rings. The van der Waals surface area contributed by atoms with Gasteiger partial charge in [-0.15, -0.1) is 11.8 Å². The number of carbonyl (C=O) groups is 3. The van der Waals surface area contributed by atoms with Crippen LogP contribution in [0.5, 0.6) is 0 Å². The summed E-state index contributed by atoms with van der Waals surface area (Å²) in [5, 5.41) is 5.36. The highest BCUT2D eigenvalue weighted by atomic mass is 32.2. The van der Waals surface area contributed by atoms with Crippen molar-refractivity contribution in [2.75, 3.05) is 17.2 Å². The van der Waals surface area contributed by atoms with Crippen molar-refractivity contribution >= 4 is 41.1 Å². The fraction of sp³-hybridized carbons (Fsp3) is 0.174. The first-order valence-electron chi connectivity index (χ1n) is 10.1. The van der Waals surface area contributed by atoms with Crippen molar-refractivity contribution in [2.24, 2.45) is 0 Å². The van der Waals surface area contributed by atoms with Gasteiger partial charge in [0.2, 0.25) is 0 Å². The minimum absolute atomic E-state index is 0.00731. The number of pyridine rings is 2. The third-order valence-corrected chi connectivity index (χ3v) is 5.41. The number of esters is 1. The zero-order valence-electron chi connectivity index (χ0n) is 18.3. The number of thioether (sulfide) groups is 1. The maximum atomic E-state index is 12.9. The molecular weight excluding hydrogens is 485 g/mol. The van der Waals surface area contributed by atoms with Crippen LogP contribution in [-0.4, -0.2) is 34.4 Å². The molecule has 12 heteroatoms. The highest BCUT2D eigenvalue weighted by Crippen LogP contribution is 2.31. The third-order valence-electron chi connectivity index (χ3n) is 4.34. The van der Waals surface area contributed by atoms with Crippen molar-refractivity contribution in [1.82, 2.24) is 9.97 Å². The molecule has 2 aromatic heterocycles. The van der Waals surface area contributed by atoms with Crippen LogP contribution < -0.4 is 10.6 Å². The Hall–Kier alpha value is -3.93. The van der Waals surface area contributed by atoms with E-state index in [1.807, 2.05) is 0 Å². The minimum Gasteiger partial charge on any atom is -0.456 e. The number of anilines is 2. The van der Waals surface area contributed by atoms with Crippen LogP contribution in [0.2, 0.25) is 0 Å². The van der Waals surface area contributed by atoms with Crippen LogP contribution in [0, 0.1) is 0 Å². The Morgan fingerprint density at radius 1 is 1.00 bits per heavy atom. The molecule has 0 unspecified atom stereocenters. The van der Waals surface area contributed by atoms with Crippen molar-refractivity contribution < 1.29 is 32.3 Å². The van der Waals surface area contributed by atoms with Gasteiger partial charge in [-0.25, -0.2) is 9.97 Å². The van der Waals surface area contributed by atoms with Gasteiger partial charge in [0.1, 0.15) is 10.8 Å². The van der Waals surface area contributed by atoms with Crippen molar-refractivity contribution in [1.29, 1.82) is 0 Å². The second-order valence-electron chi connectivity index (χ2n) is 7.06. The standard InChI is InChI=1S/C23H19F3N4O4S/c1-14(31)34-12-20(32)30-19-10-15(7-9-27-19)13-35-22-18(6-3-8-28-22)21(33)29-17-5-2-4-16(11-17)23(24,25)26/h2-11H,12-13H2,1H3,(H,29,33)(H,27,30,32). The van der Waals surface area contributed by atoms with Gasteiger partial charge in [0.05, 0.1) is 11.1 Å². The van der Waals surface area contributed by atoms with Crippen molar-refractivity contribution in [3.8, 4) is 0 Å².